The molecule has 0 atom stereocenters. The van der Waals surface area contributed by atoms with Crippen LogP contribution in [0.3, 0.4) is 0 Å². The van der Waals surface area contributed by atoms with Crippen molar-refractivity contribution in [2.45, 2.75) is 44.9 Å². The van der Waals surface area contributed by atoms with Gasteiger partial charge in [-0.3, -0.25) is 20.4 Å². The van der Waals surface area contributed by atoms with E-state index in [4.69, 9.17) is 4.74 Å². The number of benzene rings is 1. The molecule has 0 radical (unpaired) electrons. The van der Waals surface area contributed by atoms with Crippen molar-refractivity contribution < 1.29 is 14.3 Å². The van der Waals surface area contributed by atoms with Gasteiger partial charge in [0.25, 0.3) is 5.91 Å². The average Bonchev–Trinajstić information content (AvgIpc) is 2.58. The molecule has 4 aliphatic rings. The molecule has 0 unspecified atom stereocenters. The maximum Gasteiger partial charge on any atom is 0.276 e. The van der Waals surface area contributed by atoms with Crippen LogP contribution in [0.5, 0.6) is 5.75 Å². The van der Waals surface area contributed by atoms with Crippen LogP contribution in [0, 0.1) is 23.2 Å². The standard InChI is InChI=1S/C20H25BrN2O3/c21-16-1-3-17(4-2-16)26-12-19(25)23-22-18(24)11-20-8-13-5-14(9-20)7-15(6-13)10-20/h1-4,13-15H,5-12H2,(H,22,24)(H,23,25). The fraction of sp³-hybridized carbons (Fsp3) is 0.600. The Kier molecular flexibility index (Phi) is 4.95. The fourth-order valence-corrected chi connectivity index (χ4v) is 6.01. The van der Waals surface area contributed by atoms with E-state index in [2.05, 4.69) is 26.8 Å². The van der Waals surface area contributed by atoms with Gasteiger partial charge in [-0.05, 0) is 86.0 Å². The molecule has 0 aromatic heterocycles. The van der Waals surface area contributed by atoms with Gasteiger partial charge < -0.3 is 4.74 Å². The quantitative estimate of drug-likeness (QED) is 0.715. The van der Waals surface area contributed by atoms with Crippen molar-refractivity contribution in [3.05, 3.63) is 28.7 Å². The lowest BCUT2D eigenvalue weighted by Gasteiger charge is -2.56. The average molecular weight is 421 g/mol. The SMILES string of the molecule is O=C(COc1ccc(Br)cc1)NNC(=O)CC12CC3CC(CC(C3)C1)C2. The molecule has 1 aromatic carbocycles. The first-order valence-electron chi connectivity index (χ1n) is 9.46. The summed E-state index contributed by atoms with van der Waals surface area (Å²) in [6.45, 7) is -0.126. The zero-order valence-corrected chi connectivity index (χ0v) is 16.4. The number of nitrogens with one attached hydrogen (secondary N) is 2. The molecule has 0 spiro atoms. The monoisotopic (exact) mass is 420 g/mol. The summed E-state index contributed by atoms with van der Waals surface area (Å²) in [5.74, 6) is 2.65. The van der Waals surface area contributed by atoms with Crippen LogP contribution in [-0.2, 0) is 9.59 Å². The molecule has 140 valence electrons. The number of halogens is 1. The molecule has 2 N–H and O–H groups in total. The summed E-state index contributed by atoms with van der Waals surface area (Å²) in [7, 11) is 0. The second-order valence-electron chi connectivity index (χ2n) is 8.43. The maximum atomic E-state index is 12.4. The fourth-order valence-electron chi connectivity index (χ4n) is 5.75. The number of hydrazine groups is 1. The second-order valence-corrected chi connectivity index (χ2v) is 9.35. The van der Waals surface area contributed by atoms with Gasteiger partial charge in [0.15, 0.2) is 6.61 Å². The highest BCUT2D eigenvalue weighted by atomic mass is 79.9. The van der Waals surface area contributed by atoms with Crippen LogP contribution >= 0.6 is 15.9 Å². The number of carbonyl (C=O) groups is 2. The molecule has 1 aromatic rings. The Balaban J connectivity index is 1.21. The first kappa shape index (κ1) is 17.8. The summed E-state index contributed by atoms with van der Waals surface area (Å²) in [5.41, 5.74) is 5.23. The van der Waals surface area contributed by atoms with Crippen LogP contribution in [-0.4, -0.2) is 18.4 Å². The number of hydrogen-bond acceptors (Lipinski definition) is 3. The lowest BCUT2D eigenvalue weighted by Crippen LogP contribution is -2.50. The van der Waals surface area contributed by atoms with Gasteiger partial charge in [-0.15, -0.1) is 0 Å². The highest BCUT2D eigenvalue weighted by molar-refractivity contribution is 9.10. The molecule has 4 saturated carbocycles. The van der Waals surface area contributed by atoms with E-state index in [0.29, 0.717) is 12.2 Å². The van der Waals surface area contributed by atoms with Gasteiger partial charge in [0, 0.05) is 10.9 Å². The number of amides is 2. The predicted molar refractivity (Wildman–Crippen MR) is 101 cm³/mol. The Hall–Kier alpha value is -1.56. The number of rotatable bonds is 5. The van der Waals surface area contributed by atoms with Gasteiger partial charge in [-0.25, -0.2) is 0 Å². The molecule has 6 heteroatoms. The van der Waals surface area contributed by atoms with Crippen molar-refractivity contribution in [2.75, 3.05) is 6.61 Å². The molecule has 4 bridgehead atoms. The molecule has 26 heavy (non-hydrogen) atoms. The van der Waals surface area contributed by atoms with Crippen LogP contribution < -0.4 is 15.6 Å². The molecule has 0 aliphatic heterocycles. The second kappa shape index (κ2) is 7.22. The Labute approximate surface area is 162 Å². The molecule has 5 nitrogen and oxygen atoms in total. The van der Waals surface area contributed by atoms with Gasteiger partial charge in [0.1, 0.15) is 5.75 Å². The summed E-state index contributed by atoms with van der Waals surface area (Å²) in [5, 5.41) is 0. The van der Waals surface area contributed by atoms with E-state index < -0.39 is 0 Å². The predicted octanol–water partition coefficient (Wildman–Crippen LogP) is 3.58. The molecule has 0 heterocycles. The van der Waals surface area contributed by atoms with Gasteiger partial charge >= 0.3 is 0 Å². The highest BCUT2D eigenvalue weighted by Crippen LogP contribution is 2.61. The van der Waals surface area contributed by atoms with Crippen LogP contribution in [0.2, 0.25) is 0 Å². The van der Waals surface area contributed by atoms with Gasteiger partial charge in [-0.2, -0.15) is 0 Å². The smallest absolute Gasteiger partial charge is 0.276 e. The van der Waals surface area contributed by atoms with Gasteiger partial charge in [0.05, 0.1) is 0 Å². The number of carbonyl (C=O) groups excluding carboxylic acids is 2. The molecular formula is C20H25BrN2O3. The van der Waals surface area contributed by atoms with Crippen LogP contribution in [0.4, 0.5) is 0 Å². The summed E-state index contributed by atoms with van der Waals surface area (Å²) in [6, 6.07) is 7.26. The van der Waals surface area contributed by atoms with E-state index >= 15 is 0 Å². The minimum absolute atomic E-state index is 0.0797. The number of hydrogen-bond donors (Lipinski definition) is 2. The van der Waals surface area contributed by atoms with Crippen molar-refractivity contribution in [1.82, 2.24) is 10.9 Å². The largest absolute Gasteiger partial charge is 0.484 e. The van der Waals surface area contributed by atoms with E-state index in [0.717, 1.165) is 22.2 Å². The molecule has 0 saturated heterocycles. The normalized spacial score (nSPS) is 31.5. The minimum Gasteiger partial charge on any atom is -0.484 e. The molecule has 2 amide bonds. The molecular weight excluding hydrogens is 396 g/mol. The zero-order chi connectivity index (χ0) is 18.1. The molecule has 4 fully saturated rings. The van der Waals surface area contributed by atoms with Crippen molar-refractivity contribution in [2.24, 2.45) is 23.2 Å². The maximum absolute atomic E-state index is 12.4. The van der Waals surface area contributed by atoms with Crippen molar-refractivity contribution >= 4 is 27.7 Å². The van der Waals surface area contributed by atoms with Crippen LogP contribution in [0.1, 0.15) is 44.9 Å². The number of ether oxygens (including phenoxy) is 1. The zero-order valence-electron chi connectivity index (χ0n) is 14.8. The topological polar surface area (TPSA) is 67.4 Å². The molecule has 5 rings (SSSR count). The third-order valence-corrected chi connectivity index (χ3v) is 6.75. The highest BCUT2D eigenvalue weighted by Gasteiger charge is 2.51. The Morgan fingerprint density at radius 3 is 2.08 bits per heavy atom. The van der Waals surface area contributed by atoms with Crippen molar-refractivity contribution in [3.63, 3.8) is 0 Å². The van der Waals surface area contributed by atoms with Crippen LogP contribution in [0.25, 0.3) is 0 Å². The lowest BCUT2D eigenvalue weighted by molar-refractivity contribution is -0.134. The summed E-state index contributed by atoms with van der Waals surface area (Å²) < 4.78 is 6.36. The third kappa shape index (κ3) is 4.05. The van der Waals surface area contributed by atoms with Crippen molar-refractivity contribution in [1.29, 1.82) is 0 Å². The first-order valence-corrected chi connectivity index (χ1v) is 10.2. The van der Waals surface area contributed by atoms with Gasteiger partial charge in [-0.1, -0.05) is 15.9 Å². The van der Waals surface area contributed by atoms with E-state index in [-0.39, 0.29) is 23.8 Å². The van der Waals surface area contributed by atoms with E-state index in [1.807, 2.05) is 12.1 Å². The lowest BCUT2D eigenvalue weighted by atomic mass is 9.49. The summed E-state index contributed by atoms with van der Waals surface area (Å²) >= 11 is 3.35. The molecule has 4 aliphatic carbocycles. The Morgan fingerprint density at radius 2 is 1.50 bits per heavy atom. The summed E-state index contributed by atoms with van der Waals surface area (Å²) in [4.78, 5) is 24.3. The third-order valence-electron chi connectivity index (χ3n) is 6.23. The summed E-state index contributed by atoms with van der Waals surface area (Å²) in [6.07, 6.45) is 8.19. The minimum atomic E-state index is -0.355. The van der Waals surface area contributed by atoms with E-state index in [1.165, 1.54) is 38.5 Å². The first-order chi connectivity index (χ1) is 12.5. The Morgan fingerprint density at radius 1 is 0.962 bits per heavy atom. The van der Waals surface area contributed by atoms with E-state index in [1.54, 1.807) is 12.1 Å². The van der Waals surface area contributed by atoms with Gasteiger partial charge in [0.2, 0.25) is 5.91 Å². The van der Waals surface area contributed by atoms with E-state index in [9.17, 15) is 9.59 Å². The van der Waals surface area contributed by atoms with Crippen molar-refractivity contribution in [3.8, 4) is 5.75 Å². The Bertz CT molecular complexity index is 654. The van der Waals surface area contributed by atoms with Crippen LogP contribution in [0.15, 0.2) is 28.7 Å².